The summed E-state index contributed by atoms with van der Waals surface area (Å²) >= 11 is 0. The summed E-state index contributed by atoms with van der Waals surface area (Å²) in [4.78, 5) is 26.0. The first kappa shape index (κ1) is 20.1. The van der Waals surface area contributed by atoms with Crippen molar-refractivity contribution in [3.05, 3.63) is 42.2 Å². The van der Waals surface area contributed by atoms with Gasteiger partial charge in [0.1, 0.15) is 17.2 Å². The molecule has 4 aromatic rings. The highest BCUT2D eigenvalue weighted by molar-refractivity contribution is 6.03. The van der Waals surface area contributed by atoms with E-state index >= 15 is 0 Å². The van der Waals surface area contributed by atoms with Crippen LogP contribution in [0.2, 0.25) is 0 Å². The first-order valence-electron chi connectivity index (χ1n) is 11.4. The van der Waals surface area contributed by atoms with Crippen LogP contribution in [0.25, 0.3) is 33.3 Å². The van der Waals surface area contributed by atoms with Crippen molar-refractivity contribution >= 4 is 39.4 Å². The van der Waals surface area contributed by atoms with E-state index in [2.05, 4.69) is 33.6 Å². The largest absolute Gasteiger partial charge is 0.436 e. The van der Waals surface area contributed by atoms with Gasteiger partial charge in [-0.2, -0.15) is 0 Å². The van der Waals surface area contributed by atoms with Crippen LogP contribution >= 0.6 is 0 Å². The van der Waals surface area contributed by atoms with Crippen LogP contribution in [0.1, 0.15) is 38.2 Å². The zero-order valence-electron chi connectivity index (χ0n) is 18.6. The molecule has 0 spiro atoms. The van der Waals surface area contributed by atoms with E-state index in [9.17, 15) is 4.79 Å². The van der Waals surface area contributed by atoms with E-state index in [0.717, 1.165) is 59.7 Å². The predicted octanol–water partition coefficient (Wildman–Crippen LogP) is 4.85. The lowest BCUT2D eigenvalue weighted by atomic mass is 9.93. The number of hydrogen-bond donors (Lipinski definition) is 2. The van der Waals surface area contributed by atoms with E-state index < -0.39 is 0 Å². The number of nitrogens with one attached hydrogen (secondary N) is 2. The molecule has 33 heavy (non-hydrogen) atoms. The van der Waals surface area contributed by atoms with Gasteiger partial charge in [-0.3, -0.25) is 4.79 Å². The molecule has 2 aliphatic rings. The lowest BCUT2D eigenvalue weighted by Crippen LogP contribution is -2.19. The van der Waals surface area contributed by atoms with Crippen LogP contribution in [0.4, 0.5) is 11.6 Å². The summed E-state index contributed by atoms with van der Waals surface area (Å²) in [6.45, 7) is 2.91. The Morgan fingerprint density at radius 2 is 2.03 bits per heavy atom. The lowest BCUT2D eigenvalue weighted by Gasteiger charge is -2.23. The van der Waals surface area contributed by atoms with Gasteiger partial charge in [-0.15, -0.1) is 0 Å². The molecule has 168 valence electrons. The van der Waals surface area contributed by atoms with Gasteiger partial charge in [-0.25, -0.2) is 15.0 Å². The first-order valence-corrected chi connectivity index (χ1v) is 11.4. The Hall–Kier alpha value is -3.52. The van der Waals surface area contributed by atoms with E-state index in [1.54, 1.807) is 12.4 Å². The Labute approximate surface area is 190 Å². The molecule has 8 nitrogen and oxygen atoms in total. The highest BCUT2D eigenvalue weighted by Gasteiger charge is 2.32. The standard InChI is InChI=1S/C25H25N5O3/c1-25(8-3-9-32-25)15-6-7-20-19(10-15)29-24(33-20)18-13-28-22(26-2)17-12-27-21(11-16(17)18)30-23(31)14-4-5-14/h6-7,10-14H,3-5,8-9H2,1-2H3,(H,26,28)(H,27,30,31)/t25-/m0/s1. The number of fused-ring (bicyclic) bond motifs is 2. The molecule has 4 heterocycles. The molecule has 0 radical (unpaired) electrons. The number of ether oxygens (including phenoxy) is 1. The van der Waals surface area contributed by atoms with Crippen LogP contribution in [0, 0.1) is 5.92 Å². The Balaban J connectivity index is 1.44. The van der Waals surface area contributed by atoms with Crippen molar-refractivity contribution < 1.29 is 13.9 Å². The van der Waals surface area contributed by atoms with Crippen LogP contribution in [0.3, 0.4) is 0 Å². The third-order valence-electron chi connectivity index (χ3n) is 6.66. The van der Waals surface area contributed by atoms with E-state index in [1.807, 2.05) is 25.2 Å². The quantitative estimate of drug-likeness (QED) is 0.454. The highest BCUT2D eigenvalue weighted by atomic mass is 16.5. The third kappa shape index (κ3) is 3.51. The fourth-order valence-electron chi connectivity index (χ4n) is 4.53. The topological polar surface area (TPSA) is 102 Å². The molecule has 1 aromatic carbocycles. The maximum atomic E-state index is 12.3. The molecule has 1 saturated heterocycles. The van der Waals surface area contributed by atoms with Crippen molar-refractivity contribution in [2.45, 2.75) is 38.2 Å². The summed E-state index contributed by atoms with van der Waals surface area (Å²) < 4.78 is 12.1. The summed E-state index contributed by atoms with van der Waals surface area (Å²) in [6.07, 6.45) is 7.39. The normalized spacial score (nSPS) is 20.4. The average molecular weight is 444 g/mol. The Kier molecular flexibility index (Phi) is 4.58. The second kappa shape index (κ2) is 7.52. The van der Waals surface area contributed by atoms with Crippen molar-refractivity contribution in [2.75, 3.05) is 24.3 Å². The van der Waals surface area contributed by atoms with Crippen molar-refractivity contribution in [3.63, 3.8) is 0 Å². The van der Waals surface area contributed by atoms with Gasteiger partial charge < -0.3 is 19.8 Å². The van der Waals surface area contributed by atoms with E-state index in [0.29, 0.717) is 23.1 Å². The molecule has 1 aliphatic carbocycles. The average Bonchev–Trinajstić information content (AvgIpc) is 3.45. The maximum absolute atomic E-state index is 12.3. The minimum atomic E-state index is -0.281. The van der Waals surface area contributed by atoms with E-state index in [1.165, 1.54) is 0 Å². The number of anilines is 2. The summed E-state index contributed by atoms with van der Waals surface area (Å²) in [6, 6.07) is 7.92. The van der Waals surface area contributed by atoms with Crippen LogP contribution in [-0.4, -0.2) is 34.5 Å². The van der Waals surface area contributed by atoms with Crippen molar-refractivity contribution in [3.8, 4) is 11.5 Å². The van der Waals surface area contributed by atoms with Crippen molar-refractivity contribution in [1.82, 2.24) is 15.0 Å². The number of hydrogen-bond acceptors (Lipinski definition) is 7. The van der Waals surface area contributed by atoms with Gasteiger partial charge in [0, 0.05) is 42.7 Å². The Bertz CT molecular complexity index is 1390. The number of nitrogens with zero attached hydrogens (tertiary/aromatic N) is 3. The van der Waals surface area contributed by atoms with E-state index in [-0.39, 0.29) is 17.4 Å². The van der Waals surface area contributed by atoms with Gasteiger partial charge in [0.15, 0.2) is 5.58 Å². The van der Waals surface area contributed by atoms with Crippen molar-refractivity contribution in [1.29, 1.82) is 0 Å². The predicted molar refractivity (Wildman–Crippen MR) is 126 cm³/mol. The second-order valence-electron chi connectivity index (χ2n) is 9.03. The zero-order valence-corrected chi connectivity index (χ0v) is 18.6. The van der Waals surface area contributed by atoms with Gasteiger partial charge in [-0.1, -0.05) is 6.07 Å². The Morgan fingerprint density at radius 1 is 1.15 bits per heavy atom. The number of pyridine rings is 2. The molecule has 1 saturated carbocycles. The number of rotatable bonds is 5. The molecule has 2 N–H and O–H groups in total. The molecular weight excluding hydrogens is 418 g/mol. The molecule has 8 heteroatoms. The molecule has 6 rings (SSSR count). The van der Waals surface area contributed by atoms with Crippen LogP contribution < -0.4 is 10.6 Å². The molecule has 2 fully saturated rings. The Morgan fingerprint density at radius 3 is 2.79 bits per heavy atom. The number of carbonyl (C=O) groups excluding carboxylic acids is 1. The minimum Gasteiger partial charge on any atom is -0.436 e. The summed E-state index contributed by atoms with van der Waals surface area (Å²) in [5, 5.41) is 7.71. The van der Waals surface area contributed by atoms with Crippen LogP contribution in [0.15, 0.2) is 41.1 Å². The fourth-order valence-corrected chi connectivity index (χ4v) is 4.53. The number of amides is 1. The van der Waals surface area contributed by atoms with Gasteiger partial charge in [0.2, 0.25) is 11.8 Å². The molecule has 1 amide bonds. The smallest absolute Gasteiger partial charge is 0.229 e. The number of oxazole rings is 1. The highest BCUT2D eigenvalue weighted by Crippen LogP contribution is 2.38. The van der Waals surface area contributed by atoms with E-state index in [4.69, 9.17) is 14.1 Å². The summed E-state index contributed by atoms with van der Waals surface area (Å²) in [7, 11) is 1.82. The lowest BCUT2D eigenvalue weighted by molar-refractivity contribution is -0.117. The van der Waals surface area contributed by atoms with Gasteiger partial charge in [0.05, 0.1) is 11.2 Å². The third-order valence-corrected chi connectivity index (χ3v) is 6.66. The molecule has 0 bridgehead atoms. The summed E-state index contributed by atoms with van der Waals surface area (Å²) in [5.41, 5.74) is 3.06. The number of carbonyl (C=O) groups is 1. The van der Waals surface area contributed by atoms with Gasteiger partial charge >= 0.3 is 0 Å². The molecule has 0 unspecified atom stereocenters. The maximum Gasteiger partial charge on any atom is 0.229 e. The van der Waals surface area contributed by atoms with Crippen LogP contribution in [-0.2, 0) is 15.1 Å². The zero-order chi connectivity index (χ0) is 22.6. The minimum absolute atomic E-state index is 0.0170. The summed E-state index contributed by atoms with van der Waals surface area (Å²) in [5.74, 6) is 1.81. The van der Waals surface area contributed by atoms with Gasteiger partial charge in [-0.05, 0) is 56.4 Å². The SMILES string of the molecule is CNc1ncc(-c2nc3cc([C@]4(C)CCCO4)ccc3o2)c2cc(NC(=O)C3CC3)ncc12. The molecule has 3 aromatic heterocycles. The monoisotopic (exact) mass is 443 g/mol. The molecular formula is C25H25N5O3. The molecule has 1 aliphatic heterocycles. The first-order chi connectivity index (χ1) is 16.0. The van der Waals surface area contributed by atoms with Gasteiger partial charge in [0.25, 0.3) is 0 Å². The fraction of sp³-hybridized carbons (Fsp3) is 0.360. The number of benzene rings is 1. The number of aromatic nitrogens is 3. The second-order valence-corrected chi connectivity index (χ2v) is 9.03. The van der Waals surface area contributed by atoms with Crippen LogP contribution in [0.5, 0.6) is 0 Å². The van der Waals surface area contributed by atoms with Crippen molar-refractivity contribution in [2.24, 2.45) is 5.92 Å². The molecule has 1 atom stereocenters.